The Labute approximate surface area is 128 Å². The number of ketones is 1. The molecule has 2 rings (SSSR count). The van der Waals surface area contributed by atoms with E-state index >= 15 is 0 Å². The van der Waals surface area contributed by atoms with Gasteiger partial charge in [0.05, 0.1) is 17.7 Å². The Morgan fingerprint density at radius 2 is 1.86 bits per heavy atom. The van der Waals surface area contributed by atoms with Gasteiger partial charge in [0, 0.05) is 12.2 Å². The number of carbonyl (C=O) groups excluding carboxylic acids is 1. The maximum absolute atomic E-state index is 12.8. The first-order chi connectivity index (χ1) is 9.95. The number of aromatic nitrogens is 2. The molecule has 0 aromatic carbocycles. The number of rotatable bonds is 5. The average molecular weight is 291 g/mol. The molecule has 0 unspecified atom stereocenters. The molecule has 4 nitrogen and oxygen atoms in total. The summed E-state index contributed by atoms with van der Waals surface area (Å²) in [6, 6.07) is 2.04. The molecular weight excluding hydrogens is 262 g/mol. The highest BCUT2D eigenvalue weighted by Crippen LogP contribution is 2.23. The van der Waals surface area contributed by atoms with Gasteiger partial charge in [0.2, 0.25) is 0 Å². The summed E-state index contributed by atoms with van der Waals surface area (Å²) in [5.41, 5.74) is 1.66. The summed E-state index contributed by atoms with van der Waals surface area (Å²) < 4.78 is 1.95. The molecule has 21 heavy (non-hydrogen) atoms. The molecule has 0 spiro atoms. The van der Waals surface area contributed by atoms with Gasteiger partial charge < -0.3 is 0 Å². The zero-order chi connectivity index (χ0) is 15.5. The van der Waals surface area contributed by atoms with Crippen molar-refractivity contribution in [1.82, 2.24) is 14.7 Å². The van der Waals surface area contributed by atoms with E-state index in [-0.39, 0.29) is 5.54 Å². The highest BCUT2D eigenvalue weighted by atomic mass is 16.1. The van der Waals surface area contributed by atoms with Crippen LogP contribution in [0.15, 0.2) is 6.07 Å². The molecule has 118 valence electrons. The van der Waals surface area contributed by atoms with Crippen molar-refractivity contribution in [3.05, 3.63) is 17.5 Å². The van der Waals surface area contributed by atoms with E-state index in [0.29, 0.717) is 12.2 Å². The number of Topliss-reactive ketones (excluding diaryl/α,β-unsaturated/α-hetero) is 1. The van der Waals surface area contributed by atoms with Gasteiger partial charge in [-0.15, -0.1) is 0 Å². The van der Waals surface area contributed by atoms with Gasteiger partial charge in [-0.25, -0.2) is 0 Å². The summed E-state index contributed by atoms with van der Waals surface area (Å²) in [4.78, 5) is 15.2. The molecule has 0 bridgehead atoms. The van der Waals surface area contributed by atoms with Crippen molar-refractivity contribution in [2.24, 2.45) is 0 Å². The van der Waals surface area contributed by atoms with Crippen LogP contribution in [0.3, 0.4) is 0 Å². The average Bonchev–Trinajstić information content (AvgIpc) is 2.67. The molecule has 0 atom stereocenters. The van der Waals surface area contributed by atoms with E-state index < -0.39 is 0 Å². The van der Waals surface area contributed by atoms with Crippen molar-refractivity contribution in [1.29, 1.82) is 0 Å². The normalized spacial score (nSPS) is 17.7. The van der Waals surface area contributed by atoms with Crippen LogP contribution >= 0.6 is 0 Å². The van der Waals surface area contributed by atoms with E-state index in [9.17, 15) is 4.79 Å². The van der Waals surface area contributed by atoms with Crippen LogP contribution in [0.2, 0.25) is 0 Å². The highest BCUT2D eigenvalue weighted by Gasteiger charge is 2.34. The number of hydrogen-bond acceptors (Lipinski definition) is 3. The summed E-state index contributed by atoms with van der Waals surface area (Å²) in [6.45, 7) is 11.1. The fraction of sp³-hybridized carbons (Fsp3) is 0.765. The molecule has 0 aliphatic carbocycles. The van der Waals surface area contributed by atoms with Crippen molar-refractivity contribution >= 4 is 5.78 Å². The van der Waals surface area contributed by atoms with Crippen molar-refractivity contribution in [2.45, 2.75) is 71.9 Å². The van der Waals surface area contributed by atoms with Crippen LogP contribution in [0.1, 0.15) is 57.8 Å². The van der Waals surface area contributed by atoms with Crippen molar-refractivity contribution < 1.29 is 4.79 Å². The molecule has 4 heteroatoms. The quantitative estimate of drug-likeness (QED) is 0.837. The lowest BCUT2D eigenvalue weighted by atomic mass is 9.92. The van der Waals surface area contributed by atoms with Crippen molar-refractivity contribution in [3.63, 3.8) is 0 Å². The Hall–Kier alpha value is -1.16. The molecule has 1 saturated heterocycles. The first kappa shape index (κ1) is 16.2. The topological polar surface area (TPSA) is 38.1 Å². The van der Waals surface area contributed by atoms with Gasteiger partial charge >= 0.3 is 0 Å². The number of aryl methyl sites for hydroxylation is 2. The van der Waals surface area contributed by atoms with Crippen LogP contribution in [0.25, 0.3) is 0 Å². The summed E-state index contributed by atoms with van der Waals surface area (Å²) in [7, 11) is 0. The van der Waals surface area contributed by atoms with E-state index in [0.717, 1.165) is 31.0 Å². The molecular formula is C17H29N3O. The summed E-state index contributed by atoms with van der Waals surface area (Å²) in [6.07, 6.45) is 5.49. The van der Waals surface area contributed by atoms with Gasteiger partial charge in [-0.1, -0.05) is 12.8 Å². The van der Waals surface area contributed by atoms with Crippen molar-refractivity contribution in [3.8, 4) is 0 Å². The van der Waals surface area contributed by atoms with Gasteiger partial charge in [-0.2, -0.15) is 5.10 Å². The fourth-order valence-electron chi connectivity index (χ4n) is 3.20. The lowest BCUT2D eigenvalue weighted by Gasteiger charge is -2.36. The minimum absolute atomic E-state index is 0.305. The van der Waals surface area contributed by atoms with Gasteiger partial charge in [0.25, 0.3) is 0 Å². The molecule has 0 N–H and O–H groups in total. The van der Waals surface area contributed by atoms with Crippen LogP contribution in [-0.4, -0.2) is 39.1 Å². The lowest BCUT2D eigenvalue weighted by Crippen LogP contribution is -2.51. The minimum Gasteiger partial charge on any atom is -0.297 e. The molecule has 1 fully saturated rings. The van der Waals surface area contributed by atoms with Gasteiger partial charge in [-0.3, -0.25) is 14.4 Å². The Bertz CT molecular complexity index is 482. The van der Waals surface area contributed by atoms with E-state index in [2.05, 4.69) is 30.8 Å². The van der Waals surface area contributed by atoms with Crippen LogP contribution < -0.4 is 0 Å². The van der Waals surface area contributed by atoms with Crippen LogP contribution in [-0.2, 0) is 17.8 Å². The number of likely N-dealkylation sites (tertiary alicyclic amines) is 1. The monoisotopic (exact) mass is 291 g/mol. The molecule has 1 aromatic heterocycles. The van der Waals surface area contributed by atoms with Crippen LogP contribution in [0.4, 0.5) is 0 Å². The number of hydrogen-bond donors (Lipinski definition) is 0. The highest BCUT2D eigenvalue weighted by molar-refractivity contribution is 5.89. The summed E-state index contributed by atoms with van der Waals surface area (Å²) >= 11 is 0. The lowest BCUT2D eigenvalue weighted by molar-refractivity contribution is -0.128. The predicted molar refractivity (Wildman–Crippen MR) is 85.5 cm³/mol. The second-order valence-electron chi connectivity index (χ2n) is 6.65. The summed E-state index contributed by atoms with van der Waals surface area (Å²) in [5, 5.41) is 4.44. The smallest absolute Gasteiger partial charge is 0.158 e. The summed E-state index contributed by atoms with van der Waals surface area (Å²) in [5.74, 6) is 0.305. The maximum atomic E-state index is 12.8. The maximum Gasteiger partial charge on any atom is 0.158 e. The second kappa shape index (κ2) is 6.73. The van der Waals surface area contributed by atoms with Crippen LogP contribution in [0, 0.1) is 6.92 Å². The first-order valence-electron chi connectivity index (χ1n) is 8.27. The van der Waals surface area contributed by atoms with E-state index in [4.69, 9.17) is 0 Å². The Morgan fingerprint density at radius 1 is 1.24 bits per heavy atom. The van der Waals surface area contributed by atoms with Crippen molar-refractivity contribution in [2.75, 3.05) is 13.1 Å². The van der Waals surface area contributed by atoms with Crippen LogP contribution in [0.5, 0.6) is 0 Å². The number of carbonyl (C=O) groups is 1. The third-order valence-corrected chi connectivity index (χ3v) is 4.71. The zero-order valence-corrected chi connectivity index (χ0v) is 14.0. The molecule has 2 heterocycles. The minimum atomic E-state index is -0.374. The Balaban J connectivity index is 2.09. The van der Waals surface area contributed by atoms with Gasteiger partial charge in [0.15, 0.2) is 5.78 Å². The fourth-order valence-corrected chi connectivity index (χ4v) is 3.20. The first-order valence-corrected chi connectivity index (χ1v) is 8.27. The van der Waals surface area contributed by atoms with E-state index in [1.807, 2.05) is 17.7 Å². The van der Waals surface area contributed by atoms with E-state index in [1.165, 1.54) is 25.7 Å². The molecule has 1 aliphatic heterocycles. The Kier molecular flexibility index (Phi) is 5.20. The third-order valence-electron chi connectivity index (χ3n) is 4.71. The molecule has 1 aliphatic rings. The Morgan fingerprint density at radius 3 is 2.43 bits per heavy atom. The van der Waals surface area contributed by atoms with E-state index in [1.54, 1.807) is 0 Å². The molecule has 1 aromatic rings. The van der Waals surface area contributed by atoms with Gasteiger partial charge in [-0.05, 0) is 59.7 Å². The molecule has 0 saturated carbocycles. The SMILES string of the molecule is CCn1nc(C)cc1CC(=O)C(C)(C)N1CCCCCC1. The molecule has 0 radical (unpaired) electrons. The number of nitrogens with zero attached hydrogens (tertiary/aromatic N) is 3. The second-order valence-corrected chi connectivity index (χ2v) is 6.65. The third kappa shape index (κ3) is 3.73. The standard InChI is InChI=1S/C17H29N3O/c1-5-20-15(12-14(2)18-20)13-16(21)17(3,4)19-10-8-6-7-9-11-19/h12H,5-11,13H2,1-4H3. The predicted octanol–water partition coefficient (Wildman–Crippen LogP) is 2.98. The largest absolute Gasteiger partial charge is 0.297 e. The molecule has 0 amide bonds. The van der Waals surface area contributed by atoms with Gasteiger partial charge in [0.1, 0.15) is 0 Å². The zero-order valence-electron chi connectivity index (χ0n) is 14.0.